The fourth-order valence-electron chi connectivity index (χ4n) is 1.67. The molecule has 0 aromatic heterocycles. The lowest BCUT2D eigenvalue weighted by molar-refractivity contribution is 0.0934. The number of thiocarbonyl (C=S) groups is 1. The lowest BCUT2D eigenvalue weighted by atomic mass is 10.2. The first-order valence-corrected chi connectivity index (χ1v) is 8.68. The summed E-state index contributed by atoms with van der Waals surface area (Å²) in [4.78, 5) is 24.1. The van der Waals surface area contributed by atoms with E-state index in [4.69, 9.17) is 12.2 Å². The minimum absolute atomic E-state index is 0.00931. The summed E-state index contributed by atoms with van der Waals surface area (Å²) in [7, 11) is 0. The zero-order chi connectivity index (χ0) is 16.8. The molecule has 0 aliphatic carbocycles. The Hall–Kier alpha value is -1.52. The Labute approximate surface area is 160 Å². The SMILES string of the molecule is O=C(NNC(=S)NC(=O)c1ccccc1I)c1ccccc1Br. The van der Waals surface area contributed by atoms with Gasteiger partial charge in [-0.3, -0.25) is 25.8 Å². The molecule has 2 amide bonds. The first-order chi connectivity index (χ1) is 11.0. The minimum atomic E-state index is -0.372. The van der Waals surface area contributed by atoms with Crippen LogP contribution in [0.15, 0.2) is 53.0 Å². The first kappa shape index (κ1) is 17.8. The van der Waals surface area contributed by atoms with E-state index in [9.17, 15) is 9.59 Å². The van der Waals surface area contributed by atoms with Gasteiger partial charge in [0.1, 0.15) is 0 Å². The number of halogens is 2. The van der Waals surface area contributed by atoms with Gasteiger partial charge in [0.25, 0.3) is 11.8 Å². The number of amides is 2. The molecule has 3 N–H and O–H groups in total. The van der Waals surface area contributed by atoms with E-state index < -0.39 is 0 Å². The molecule has 2 aromatic rings. The molecule has 2 rings (SSSR count). The maximum Gasteiger partial charge on any atom is 0.270 e. The fraction of sp³-hybridized carbons (Fsp3) is 0. The van der Waals surface area contributed by atoms with Crippen LogP contribution >= 0.6 is 50.7 Å². The van der Waals surface area contributed by atoms with Crippen LogP contribution in [0.3, 0.4) is 0 Å². The van der Waals surface area contributed by atoms with Gasteiger partial charge in [0.05, 0.1) is 11.1 Å². The molecule has 23 heavy (non-hydrogen) atoms. The van der Waals surface area contributed by atoms with E-state index in [1.54, 1.807) is 36.4 Å². The summed E-state index contributed by atoms with van der Waals surface area (Å²) >= 11 is 10.4. The Morgan fingerprint density at radius 1 is 0.913 bits per heavy atom. The highest BCUT2D eigenvalue weighted by atomic mass is 127. The van der Waals surface area contributed by atoms with Crippen molar-refractivity contribution >= 4 is 67.7 Å². The highest BCUT2D eigenvalue weighted by Gasteiger charge is 2.12. The number of rotatable bonds is 2. The Bertz CT molecular complexity index is 770. The van der Waals surface area contributed by atoms with E-state index in [-0.39, 0.29) is 16.9 Å². The van der Waals surface area contributed by atoms with Crippen molar-refractivity contribution in [3.8, 4) is 0 Å². The van der Waals surface area contributed by atoms with Gasteiger partial charge in [-0.1, -0.05) is 24.3 Å². The molecule has 0 atom stereocenters. The predicted octanol–water partition coefficient (Wildman–Crippen LogP) is 3.00. The Kier molecular flexibility index (Phi) is 6.48. The van der Waals surface area contributed by atoms with Crippen LogP contribution in [0.2, 0.25) is 0 Å². The molecule has 0 saturated heterocycles. The lowest BCUT2D eigenvalue weighted by Gasteiger charge is -2.12. The van der Waals surface area contributed by atoms with Crippen LogP contribution in [0.1, 0.15) is 20.7 Å². The molecule has 0 fully saturated rings. The molecule has 8 heteroatoms. The van der Waals surface area contributed by atoms with Crippen molar-refractivity contribution in [2.45, 2.75) is 0 Å². The van der Waals surface area contributed by atoms with Crippen molar-refractivity contribution in [1.29, 1.82) is 0 Å². The molecular weight excluding hydrogens is 493 g/mol. The summed E-state index contributed by atoms with van der Waals surface area (Å²) in [5.41, 5.74) is 5.90. The Morgan fingerprint density at radius 2 is 1.52 bits per heavy atom. The number of hydrogen-bond acceptors (Lipinski definition) is 3. The van der Waals surface area contributed by atoms with Gasteiger partial charge in [-0.2, -0.15) is 0 Å². The molecule has 0 aliphatic rings. The predicted molar refractivity (Wildman–Crippen MR) is 104 cm³/mol. The van der Waals surface area contributed by atoms with Gasteiger partial charge >= 0.3 is 0 Å². The Morgan fingerprint density at radius 3 is 2.17 bits per heavy atom. The first-order valence-electron chi connectivity index (χ1n) is 6.40. The third kappa shape index (κ3) is 4.98. The quantitative estimate of drug-likeness (QED) is 0.335. The smallest absolute Gasteiger partial charge is 0.270 e. The van der Waals surface area contributed by atoms with Gasteiger partial charge < -0.3 is 0 Å². The molecule has 0 saturated carbocycles. The summed E-state index contributed by atoms with van der Waals surface area (Å²) in [5.74, 6) is -0.717. The zero-order valence-electron chi connectivity index (χ0n) is 11.6. The fourth-order valence-corrected chi connectivity index (χ4v) is 2.91. The molecule has 0 heterocycles. The molecule has 2 aromatic carbocycles. The Balaban J connectivity index is 1.91. The van der Waals surface area contributed by atoms with Crippen LogP contribution in [0.25, 0.3) is 0 Å². The van der Waals surface area contributed by atoms with Gasteiger partial charge in [-0.15, -0.1) is 0 Å². The average molecular weight is 504 g/mol. The molecule has 118 valence electrons. The van der Waals surface area contributed by atoms with Gasteiger partial charge in [-0.25, -0.2) is 0 Å². The van der Waals surface area contributed by atoms with E-state index in [1.807, 2.05) is 12.1 Å². The number of nitrogens with one attached hydrogen (secondary N) is 3. The monoisotopic (exact) mass is 503 g/mol. The maximum atomic E-state index is 12.1. The molecule has 0 spiro atoms. The van der Waals surface area contributed by atoms with Gasteiger partial charge in [0.2, 0.25) is 0 Å². The zero-order valence-corrected chi connectivity index (χ0v) is 16.2. The summed E-state index contributed by atoms with van der Waals surface area (Å²) in [6.45, 7) is 0. The third-order valence-electron chi connectivity index (χ3n) is 2.75. The van der Waals surface area contributed by atoms with Crippen LogP contribution < -0.4 is 16.2 Å². The van der Waals surface area contributed by atoms with Crippen LogP contribution in [0.4, 0.5) is 0 Å². The molecular formula is C15H11BrIN3O2S. The second-order valence-corrected chi connectivity index (χ2v) is 6.75. The van der Waals surface area contributed by atoms with Crippen molar-refractivity contribution in [3.05, 3.63) is 67.7 Å². The van der Waals surface area contributed by atoms with E-state index in [1.165, 1.54) is 0 Å². The van der Waals surface area contributed by atoms with Crippen molar-refractivity contribution in [2.24, 2.45) is 0 Å². The average Bonchev–Trinajstić information content (AvgIpc) is 2.53. The van der Waals surface area contributed by atoms with Crippen LogP contribution in [0.5, 0.6) is 0 Å². The van der Waals surface area contributed by atoms with Gasteiger partial charge in [0, 0.05) is 8.04 Å². The van der Waals surface area contributed by atoms with E-state index in [0.29, 0.717) is 15.6 Å². The van der Waals surface area contributed by atoms with Crippen molar-refractivity contribution in [2.75, 3.05) is 0 Å². The normalized spacial score (nSPS) is 9.83. The van der Waals surface area contributed by atoms with Crippen LogP contribution in [-0.4, -0.2) is 16.9 Å². The van der Waals surface area contributed by atoms with Crippen LogP contribution in [0, 0.1) is 3.57 Å². The highest BCUT2D eigenvalue weighted by molar-refractivity contribution is 14.1. The van der Waals surface area contributed by atoms with Crippen molar-refractivity contribution in [1.82, 2.24) is 16.2 Å². The summed E-state index contributed by atoms with van der Waals surface area (Å²) in [6.07, 6.45) is 0. The summed E-state index contributed by atoms with van der Waals surface area (Å²) < 4.78 is 1.47. The molecule has 0 aliphatic heterocycles. The number of hydrazine groups is 1. The largest absolute Gasteiger partial charge is 0.298 e. The standard InChI is InChI=1S/C15H11BrIN3O2S/c16-11-7-3-1-5-9(11)14(22)19-20-15(23)18-13(21)10-6-2-4-8-12(10)17/h1-8H,(H,19,22)(H2,18,20,21,23). The summed E-state index contributed by atoms with van der Waals surface area (Å²) in [5, 5.41) is 2.52. The summed E-state index contributed by atoms with van der Waals surface area (Å²) in [6, 6.07) is 14.1. The van der Waals surface area contributed by atoms with E-state index in [2.05, 4.69) is 54.7 Å². The number of carbonyl (C=O) groups is 2. The van der Waals surface area contributed by atoms with Crippen molar-refractivity contribution < 1.29 is 9.59 Å². The van der Waals surface area contributed by atoms with E-state index in [0.717, 1.165) is 3.57 Å². The third-order valence-corrected chi connectivity index (χ3v) is 4.59. The number of carbonyl (C=O) groups excluding carboxylic acids is 2. The maximum absolute atomic E-state index is 12.1. The minimum Gasteiger partial charge on any atom is -0.298 e. The topological polar surface area (TPSA) is 70.2 Å². The second-order valence-electron chi connectivity index (χ2n) is 4.32. The van der Waals surface area contributed by atoms with Crippen LogP contribution in [-0.2, 0) is 0 Å². The molecule has 0 bridgehead atoms. The number of hydrogen-bond donors (Lipinski definition) is 3. The number of benzene rings is 2. The van der Waals surface area contributed by atoms with Crippen molar-refractivity contribution in [3.63, 3.8) is 0 Å². The molecule has 0 radical (unpaired) electrons. The highest BCUT2D eigenvalue weighted by Crippen LogP contribution is 2.15. The molecule has 0 unspecified atom stereocenters. The lowest BCUT2D eigenvalue weighted by Crippen LogP contribution is -2.48. The van der Waals surface area contributed by atoms with Gasteiger partial charge in [0.15, 0.2) is 5.11 Å². The second kappa shape index (κ2) is 8.37. The van der Waals surface area contributed by atoms with E-state index >= 15 is 0 Å². The molecule has 5 nitrogen and oxygen atoms in total. The van der Waals surface area contributed by atoms with Gasteiger partial charge in [-0.05, 0) is 75.0 Å².